The van der Waals surface area contributed by atoms with Gasteiger partial charge in [-0.1, -0.05) is 13.8 Å². The minimum Gasteiger partial charge on any atom is -0.464 e. The Morgan fingerprint density at radius 3 is 2.48 bits per heavy atom. The van der Waals surface area contributed by atoms with Crippen molar-refractivity contribution < 1.29 is 9.53 Å². The number of rotatable bonds is 2. The van der Waals surface area contributed by atoms with E-state index in [0.717, 1.165) is 11.7 Å². The predicted molar refractivity (Wildman–Crippen MR) is 79.0 cm³/mol. The molecule has 0 aliphatic heterocycles. The molecular weight excluding hydrogens is 264 g/mol. The molecule has 4 bridgehead atoms. The van der Waals surface area contributed by atoms with E-state index in [-0.39, 0.29) is 11.4 Å². The van der Waals surface area contributed by atoms with E-state index in [4.69, 9.17) is 4.74 Å². The Hall–Kier alpha value is -1.32. The molecule has 4 saturated carbocycles. The first-order valence-corrected chi connectivity index (χ1v) is 7.99. The molecule has 4 aliphatic rings. The number of hydrogen-bond donors (Lipinski definition) is 1. The number of hydrogen-bond acceptors (Lipinski definition) is 3. The van der Waals surface area contributed by atoms with Crippen LogP contribution in [0.15, 0.2) is 6.20 Å². The third-order valence-corrected chi connectivity index (χ3v) is 6.11. The molecule has 0 saturated heterocycles. The van der Waals surface area contributed by atoms with Crippen LogP contribution in [0, 0.1) is 16.7 Å². The molecule has 2 atom stereocenters. The topological polar surface area (TPSA) is 55.0 Å². The summed E-state index contributed by atoms with van der Waals surface area (Å²) in [6.45, 7) is 4.91. The number of carbonyl (C=O) groups excluding carboxylic acids is 1. The van der Waals surface area contributed by atoms with E-state index in [1.807, 2.05) is 0 Å². The molecule has 1 aromatic rings. The number of H-pyrrole nitrogens is 1. The van der Waals surface area contributed by atoms with Crippen molar-refractivity contribution in [1.29, 1.82) is 0 Å². The molecule has 2 unspecified atom stereocenters. The Labute approximate surface area is 125 Å². The van der Waals surface area contributed by atoms with Crippen LogP contribution in [0.2, 0.25) is 0 Å². The number of nitrogens with one attached hydrogen (secondary N) is 1. The van der Waals surface area contributed by atoms with Crippen LogP contribution in [-0.4, -0.2) is 23.0 Å². The quantitative estimate of drug-likeness (QED) is 0.848. The zero-order chi connectivity index (χ0) is 14.9. The van der Waals surface area contributed by atoms with Gasteiger partial charge in [0, 0.05) is 5.41 Å². The van der Waals surface area contributed by atoms with Crippen LogP contribution in [0.25, 0.3) is 0 Å². The number of carbonyl (C=O) groups is 1. The fourth-order valence-corrected chi connectivity index (χ4v) is 6.52. The van der Waals surface area contributed by atoms with Crippen molar-refractivity contribution in [2.75, 3.05) is 7.11 Å². The number of nitrogens with zero attached hydrogens (tertiary/aromatic N) is 1. The van der Waals surface area contributed by atoms with Gasteiger partial charge in [0.05, 0.1) is 13.3 Å². The summed E-state index contributed by atoms with van der Waals surface area (Å²) in [6, 6.07) is 0. The van der Waals surface area contributed by atoms with Crippen molar-refractivity contribution in [3.63, 3.8) is 0 Å². The molecule has 0 spiro atoms. The highest BCUT2D eigenvalue weighted by Gasteiger charge is 2.61. The fourth-order valence-electron chi connectivity index (χ4n) is 6.52. The molecule has 4 fully saturated rings. The van der Waals surface area contributed by atoms with Crippen LogP contribution < -0.4 is 0 Å². The van der Waals surface area contributed by atoms with Crippen LogP contribution in [0.4, 0.5) is 0 Å². The van der Waals surface area contributed by atoms with E-state index in [9.17, 15) is 4.79 Å². The van der Waals surface area contributed by atoms with Crippen molar-refractivity contribution in [2.24, 2.45) is 16.7 Å². The van der Waals surface area contributed by atoms with E-state index in [1.54, 1.807) is 6.20 Å². The molecule has 1 heterocycles. The van der Waals surface area contributed by atoms with Crippen LogP contribution >= 0.6 is 0 Å². The van der Waals surface area contributed by atoms with Crippen molar-refractivity contribution >= 4 is 5.97 Å². The summed E-state index contributed by atoms with van der Waals surface area (Å²) in [5.74, 6) is 1.52. The maximum Gasteiger partial charge on any atom is 0.356 e. The maximum atomic E-state index is 11.7. The molecule has 5 rings (SSSR count). The second-order valence-electron chi connectivity index (χ2n) is 8.55. The number of aromatic nitrogens is 2. The minimum absolute atomic E-state index is 0.148. The van der Waals surface area contributed by atoms with Crippen molar-refractivity contribution in [3.8, 4) is 0 Å². The lowest BCUT2D eigenvalue weighted by atomic mass is 9.40. The van der Waals surface area contributed by atoms with Gasteiger partial charge in [-0.05, 0) is 55.3 Å². The number of aromatic amines is 1. The van der Waals surface area contributed by atoms with E-state index in [0.29, 0.717) is 16.5 Å². The summed E-state index contributed by atoms with van der Waals surface area (Å²) in [5.41, 5.74) is 1.53. The van der Waals surface area contributed by atoms with Crippen LogP contribution in [0.1, 0.15) is 68.7 Å². The largest absolute Gasteiger partial charge is 0.464 e. The molecular formula is C17H24N2O2. The number of imidazole rings is 1. The summed E-state index contributed by atoms with van der Waals surface area (Å²) < 4.78 is 4.80. The molecule has 0 amide bonds. The third-order valence-electron chi connectivity index (χ3n) is 6.11. The van der Waals surface area contributed by atoms with E-state index >= 15 is 0 Å². The fraction of sp³-hybridized carbons (Fsp3) is 0.765. The molecule has 4 heteroatoms. The second kappa shape index (κ2) is 3.90. The van der Waals surface area contributed by atoms with E-state index in [1.165, 1.54) is 45.6 Å². The smallest absolute Gasteiger partial charge is 0.356 e. The first-order chi connectivity index (χ1) is 9.85. The van der Waals surface area contributed by atoms with E-state index in [2.05, 4.69) is 23.8 Å². The number of methoxy groups -OCH3 is 1. The molecule has 4 nitrogen and oxygen atoms in total. The zero-order valence-corrected chi connectivity index (χ0v) is 13.2. The SMILES string of the molecule is COC(=O)c1cnc(C23CC4CC(C)(CC(C)(C4)C2)C3)[nH]1. The van der Waals surface area contributed by atoms with Gasteiger partial charge >= 0.3 is 5.97 Å². The summed E-state index contributed by atoms with van der Waals surface area (Å²) >= 11 is 0. The first kappa shape index (κ1) is 13.4. The maximum absolute atomic E-state index is 11.7. The Bertz CT molecular complexity index is 588. The highest BCUT2D eigenvalue weighted by Crippen LogP contribution is 2.69. The Morgan fingerprint density at radius 1 is 1.24 bits per heavy atom. The van der Waals surface area contributed by atoms with Gasteiger partial charge < -0.3 is 9.72 Å². The monoisotopic (exact) mass is 288 g/mol. The van der Waals surface area contributed by atoms with Crippen molar-refractivity contribution in [3.05, 3.63) is 17.7 Å². The summed E-state index contributed by atoms with van der Waals surface area (Å²) in [4.78, 5) is 19.5. The lowest BCUT2D eigenvalue weighted by Crippen LogP contribution is -2.57. The summed E-state index contributed by atoms with van der Waals surface area (Å²) in [5, 5.41) is 0. The van der Waals surface area contributed by atoms with Gasteiger partial charge in [-0.3, -0.25) is 0 Å². The standard InChI is InChI=1S/C17H24N2O2/c1-15-4-11-5-16(2,8-15)10-17(6-11,9-15)14-18-7-12(19-14)13(20)21-3/h7,11H,4-6,8-10H2,1-3H3,(H,18,19). The average Bonchev–Trinajstić information content (AvgIpc) is 2.83. The minimum atomic E-state index is -0.323. The summed E-state index contributed by atoms with van der Waals surface area (Å²) in [6.07, 6.45) is 9.38. The highest BCUT2D eigenvalue weighted by atomic mass is 16.5. The molecule has 4 aliphatic carbocycles. The molecule has 1 aromatic heterocycles. The van der Waals surface area contributed by atoms with Gasteiger partial charge in [-0.15, -0.1) is 0 Å². The van der Waals surface area contributed by atoms with Gasteiger partial charge in [0.1, 0.15) is 11.5 Å². The van der Waals surface area contributed by atoms with Crippen molar-refractivity contribution in [2.45, 2.75) is 57.8 Å². The van der Waals surface area contributed by atoms with Crippen LogP contribution in [-0.2, 0) is 10.2 Å². The average molecular weight is 288 g/mol. The van der Waals surface area contributed by atoms with Gasteiger partial charge in [0.2, 0.25) is 0 Å². The first-order valence-electron chi connectivity index (χ1n) is 7.99. The highest BCUT2D eigenvalue weighted by molar-refractivity contribution is 5.86. The van der Waals surface area contributed by atoms with Gasteiger partial charge in [-0.2, -0.15) is 0 Å². The van der Waals surface area contributed by atoms with Gasteiger partial charge in [0.15, 0.2) is 0 Å². The normalized spacial score (nSPS) is 44.0. The lowest BCUT2D eigenvalue weighted by molar-refractivity contribution is -0.112. The van der Waals surface area contributed by atoms with E-state index < -0.39 is 0 Å². The lowest BCUT2D eigenvalue weighted by Gasteiger charge is -2.64. The molecule has 114 valence electrons. The Morgan fingerprint density at radius 2 is 1.90 bits per heavy atom. The van der Waals surface area contributed by atoms with Gasteiger partial charge in [0.25, 0.3) is 0 Å². The van der Waals surface area contributed by atoms with Crippen molar-refractivity contribution in [1.82, 2.24) is 9.97 Å². The number of esters is 1. The van der Waals surface area contributed by atoms with Gasteiger partial charge in [-0.25, -0.2) is 9.78 Å². The number of ether oxygens (including phenoxy) is 1. The Kier molecular flexibility index (Phi) is 2.48. The molecule has 0 aromatic carbocycles. The molecule has 21 heavy (non-hydrogen) atoms. The zero-order valence-electron chi connectivity index (χ0n) is 13.2. The Balaban J connectivity index is 1.74. The predicted octanol–water partition coefficient (Wildman–Crippen LogP) is 3.44. The molecule has 1 N–H and O–H groups in total. The van der Waals surface area contributed by atoms with Crippen LogP contribution in [0.3, 0.4) is 0 Å². The molecule has 0 radical (unpaired) electrons. The summed E-state index contributed by atoms with van der Waals surface area (Å²) in [7, 11) is 1.41. The van der Waals surface area contributed by atoms with Crippen LogP contribution in [0.5, 0.6) is 0 Å². The second-order valence-corrected chi connectivity index (χ2v) is 8.55. The third kappa shape index (κ3) is 1.87.